The van der Waals surface area contributed by atoms with Crippen LogP contribution in [0.4, 0.5) is 0 Å². The zero-order valence-corrected chi connectivity index (χ0v) is 11.6. The van der Waals surface area contributed by atoms with Crippen molar-refractivity contribution >= 4 is 5.57 Å². The summed E-state index contributed by atoms with van der Waals surface area (Å²) in [5.41, 5.74) is 7.41. The molecule has 0 heterocycles. The van der Waals surface area contributed by atoms with Crippen molar-refractivity contribution in [3.8, 4) is 0 Å². The van der Waals surface area contributed by atoms with Crippen molar-refractivity contribution in [1.82, 2.24) is 0 Å². The molecule has 0 atom stereocenters. The van der Waals surface area contributed by atoms with Crippen LogP contribution in [-0.2, 0) is 5.41 Å². The van der Waals surface area contributed by atoms with Crippen LogP contribution in [0.3, 0.4) is 0 Å². The highest BCUT2D eigenvalue weighted by Gasteiger charge is 2.31. The Morgan fingerprint density at radius 2 is 1.76 bits per heavy atom. The lowest BCUT2D eigenvalue weighted by Gasteiger charge is -2.35. The average Bonchev–Trinajstić information content (AvgIpc) is 2.29. The van der Waals surface area contributed by atoms with Gasteiger partial charge in [-0.1, -0.05) is 56.7 Å². The van der Waals surface area contributed by atoms with E-state index >= 15 is 0 Å². The van der Waals surface area contributed by atoms with Gasteiger partial charge in [0.05, 0.1) is 0 Å². The fourth-order valence-corrected chi connectivity index (χ4v) is 2.95. The number of hydrogen-bond donors (Lipinski definition) is 0. The van der Waals surface area contributed by atoms with E-state index in [1.165, 1.54) is 27.8 Å². The zero-order chi connectivity index (χ0) is 12.6. The van der Waals surface area contributed by atoms with Crippen LogP contribution in [0.1, 0.15) is 52.2 Å². The van der Waals surface area contributed by atoms with Gasteiger partial charge in [-0.2, -0.15) is 0 Å². The molecule has 0 saturated carbocycles. The first-order valence-corrected chi connectivity index (χ1v) is 6.47. The molecule has 0 radical (unpaired) electrons. The van der Waals surface area contributed by atoms with E-state index in [-0.39, 0.29) is 5.41 Å². The van der Waals surface area contributed by atoms with E-state index in [1.54, 1.807) is 0 Å². The lowest BCUT2D eigenvalue weighted by Crippen LogP contribution is -2.25. The molecule has 2 rings (SSSR count). The fraction of sp³-hybridized carbons (Fsp3) is 0.412. The molecule has 0 aliphatic heterocycles. The molecule has 0 spiro atoms. The summed E-state index contributed by atoms with van der Waals surface area (Å²) in [7, 11) is 0. The molecule has 0 heteroatoms. The van der Waals surface area contributed by atoms with Gasteiger partial charge in [0.2, 0.25) is 0 Å². The van der Waals surface area contributed by atoms with E-state index in [0.717, 1.165) is 6.42 Å². The highest BCUT2D eigenvalue weighted by atomic mass is 14.3. The minimum atomic E-state index is 0.133. The van der Waals surface area contributed by atoms with Crippen molar-refractivity contribution in [1.29, 1.82) is 0 Å². The first kappa shape index (κ1) is 12.2. The van der Waals surface area contributed by atoms with Gasteiger partial charge in [0, 0.05) is 5.41 Å². The van der Waals surface area contributed by atoms with Gasteiger partial charge in [-0.05, 0) is 42.5 Å². The third kappa shape index (κ3) is 1.86. The number of hydrogen-bond acceptors (Lipinski definition) is 0. The Labute approximate surface area is 105 Å². The summed E-state index contributed by atoms with van der Waals surface area (Å²) in [5.74, 6) is 0. The van der Waals surface area contributed by atoms with Crippen molar-refractivity contribution < 1.29 is 0 Å². The fourth-order valence-electron chi connectivity index (χ4n) is 2.95. The van der Waals surface area contributed by atoms with Gasteiger partial charge in [-0.3, -0.25) is 0 Å². The first-order chi connectivity index (χ1) is 7.98. The summed E-state index contributed by atoms with van der Waals surface area (Å²) in [6, 6.07) is 8.84. The summed E-state index contributed by atoms with van der Waals surface area (Å²) in [5, 5.41) is 0. The van der Waals surface area contributed by atoms with Crippen LogP contribution in [-0.4, -0.2) is 0 Å². The van der Waals surface area contributed by atoms with Crippen LogP contribution >= 0.6 is 0 Å². The summed E-state index contributed by atoms with van der Waals surface area (Å²) < 4.78 is 0. The largest absolute Gasteiger partial charge is 0.0723 e. The zero-order valence-electron chi connectivity index (χ0n) is 11.6. The van der Waals surface area contributed by atoms with Crippen molar-refractivity contribution in [2.45, 2.75) is 46.5 Å². The van der Waals surface area contributed by atoms with Crippen LogP contribution < -0.4 is 0 Å². The third-order valence-corrected chi connectivity index (χ3v) is 3.86. The summed E-state index contributed by atoms with van der Waals surface area (Å²) in [4.78, 5) is 0. The maximum Gasteiger partial charge on any atom is 0.0152 e. The SMILES string of the molecule is CCC1=CC(=C(C)C)C(C)(C)c2ccccc21. The quantitative estimate of drug-likeness (QED) is 0.624. The average molecular weight is 226 g/mol. The van der Waals surface area contributed by atoms with Crippen molar-refractivity contribution in [2.75, 3.05) is 0 Å². The molecule has 0 nitrogen and oxygen atoms in total. The first-order valence-electron chi connectivity index (χ1n) is 6.47. The Bertz CT molecular complexity index is 495. The van der Waals surface area contributed by atoms with Gasteiger partial charge in [0.1, 0.15) is 0 Å². The second-order valence-corrected chi connectivity index (χ2v) is 5.61. The predicted octanol–water partition coefficient (Wildman–Crippen LogP) is 5.11. The van der Waals surface area contributed by atoms with E-state index in [1.807, 2.05) is 0 Å². The molecule has 1 aromatic rings. The van der Waals surface area contributed by atoms with Gasteiger partial charge in [0.15, 0.2) is 0 Å². The summed E-state index contributed by atoms with van der Waals surface area (Å²) in [6.45, 7) is 11.3. The second-order valence-electron chi connectivity index (χ2n) is 5.61. The highest BCUT2D eigenvalue weighted by Crippen LogP contribution is 2.44. The number of rotatable bonds is 1. The van der Waals surface area contributed by atoms with Crippen LogP contribution in [0.15, 0.2) is 41.5 Å². The van der Waals surface area contributed by atoms with E-state index in [4.69, 9.17) is 0 Å². The smallest absolute Gasteiger partial charge is 0.0152 e. The maximum absolute atomic E-state index is 2.40. The minimum absolute atomic E-state index is 0.133. The monoisotopic (exact) mass is 226 g/mol. The molecule has 90 valence electrons. The molecule has 1 aromatic carbocycles. The Balaban J connectivity index is 2.75. The molecule has 0 N–H and O–H groups in total. The Hall–Kier alpha value is -1.30. The van der Waals surface area contributed by atoms with Crippen LogP contribution in [0.2, 0.25) is 0 Å². The van der Waals surface area contributed by atoms with Gasteiger partial charge < -0.3 is 0 Å². The van der Waals surface area contributed by atoms with E-state index in [2.05, 4.69) is 65.0 Å². The Morgan fingerprint density at radius 1 is 1.12 bits per heavy atom. The summed E-state index contributed by atoms with van der Waals surface area (Å²) >= 11 is 0. The number of fused-ring (bicyclic) bond motifs is 1. The number of benzene rings is 1. The molecule has 1 aliphatic carbocycles. The molecule has 0 amide bonds. The summed E-state index contributed by atoms with van der Waals surface area (Å²) in [6.07, 6.45) is 3.50. The van der Waals surface area contributed by atoms with Gasteiger partial charge in [0.25, 0.3) is 0 Å². The van der Waals surface area contributed by atoms with Crippen LogP contribution in [0.25, 0.3) is 5.57 Å². The lowest BCUT2D eigenvalue weighted by molar-refractivity contribution is 0.624. The van der Waals surface area contributed by atoms with Gasteiger partial charge in [-0.25, -0.2) is 0 Å². The lowest BCUT2D eigenvalue weighted by atomic mass is 9.68. The second kappa shape index (κ2) is 4.18. The molecular weight excluding hydrogens is 204 g/mol. The van der Waals surface area contributed by atoms with E-state index < -0.39 is 0 Å². The van der Waals surface area contributed by atoms with E-state index in [9.17, 15) is 0 Å². The van der Waals surface area contributed by atoms with Crippen molar-refractivity contribution in [3.63, 3.8) is 0 Å². The van der Waals surface area contributed by atoms with Gasteiger partial charge in [-0.15, -0.1) is 0 Å². The predicted molar refractivity (Wildman–Crippen MR) is 76.1 cm³/mol. The molecule has 1 aliphatic rings. The standard InChI is InChI=1S/C17H22/c1-6-13-11-16(12(2)3)17(4,5)15-10-8-7-9-14(13)15/h7-11H,6H2,1-5H3. The normalized spacial score (nSPS) is 17.5. The van der Waals surface area contributed by atoms with Crippen molar-refractivity contribution in [3.05, 3.63) is 52.6 Å². The molecule has 0 fully saturated rings. The molecular formula is C17H22. The van der Waals surface area contributed by atoms with Gasteiger partial charge >= 0.3 is 0 Å². The highest BCUT2D eigenvalue weighted by molar-refractivity contribution is 5.76. The topological polar surface area (TPSA) is 0 Å². The maximum atomic E-state index is 2.40. The van der Waals surface area contributed by atoms with E-state index in [0.29, 0.717) is 0 Å². The minimum Gasteiger partial charge on any atom is -0.0723 e. The van der Waals surface area contributed by atoms with Crippen molar-refractivity contribution in [2.24, 2.45) is 0 Å². The van der Waals surface area contributed by atoms with Crippen LogP contribution in [0, 0.1) is 0 Å². The number of allylic oxidation sites excluding steroid dienone is 4. The third-order valence-electron chi connectivity index (χ3n) is 3.86. The molecule has 0 unspecified atom stereocenters. The molecule has 0 bridgehead atoms. The molecule has 17 heavy (non-hydrogen) atoms. The molecule has 0 aromatic heterocycles. The van der Waals surface area contributed by atoms with Crippen LogP contribution in [0.5, 0.6) is 0 Å². The Kier molecular flexibility index (Phi) is 2.99. The Morgan fingerprint density at radius 3 is 2.35 bits per heavy atom. The molecule has 0 saturated heterocycles.